The molecule has 0 saturated carbocycles. The summed E-state index contributed by atoms with van der Waals surface area (Å²) in [6.45, 7) is 0.918. The van der Waals surface area contributed by atoms with E-state index in [2.05, 4.69) is 34.6 Å². The molecule has 0 radical (unpaired) electrons. The van der Waals surface area contributed by atoms with Gasteiger partial charge >= 0.3 is 12.1 Å². The number of fused-ring (bicyclic) bond motifs is 3. The van der Waals surface area contributed by atoms with Crippen molar-refractivity contribution in [3.05, 3.63) is 77.9 Å². The Hall–Kier alpha value is -3.79. The summed E-state index contributed by atoms with van der Waals surface area (Å²) in [7, 11) is 0. The summed E-state index contributed by atoms with van der Waals surface area (Å²) in [6, 6.07) is 15.5. The zero-order chi connectivity index (χ0) is 24.4. The lowest BCUT2D eigenvalue weighted by molar-refractivity contribution is -0.140. The number of carboxylic acid groups (broad SMARTS) is 1. The van der Waals surface area contributed by atoms with E-state index in [0.717, 1.165) is 11.1 Å². The molecule has 3 aromatic rings. The van der Waals surface area contributed by atoms with E-state index in [0.29, 0.717) is 18.2 Å². The quantitative estimate of drug-likeness (QED) is 0.521. The fraction of sp³-hybridized carbons (Fsp3) is 0.280. The Balaban J connectivity index is 1.12. The molecule has 2 aromatic carbocycles. The van der Waals surface area contributed by atoms with Gasteiger partial charge in [0.2, 0.25) is 0 Å². The standard InChI is InChI=1S/C25H24N4O5S/c30-23(29-15-35-13-22(29)24(31)32)21-11-28(14-27-21)10-9-26-25(33)34-12-20-18-7-3-1-5-16(18)17-6-2-4-8-19(17)20/h1-8,11,14,20,22H,9-10,12-13,15H2,(H,26,33)(H,31,32). The molecule has 2 heterocycles. The van der Waals surface area contributed by atoms with Crippen LogP contribution in [0.25, 0.3) is 11.1 Å². The molecule has 1 fully saturated rings. The molecule has 1 aromatic heterocycles. The van der Waals surface area contributed by atoms with E-state index in [1.165, 1.54) is 34.1 Å². The fourth-order valence-corrected chi connectivity index (χ4v) is 5.67. The van der Waals surface area contributed by atoms with Gasteiger partial charge in [0.25, 0.3) is 5.91 Å². The molecule has 1 unspecified atom stereocenters. The van der Waals surface area contributed by atoms with Crippen molar-refractivity contribution in [3.8, 4) is 11.1 Å². The van der Waals surface area contributed by atoms with Crippen LogP contribution in [-0.2, 0) is 16.1 Å². The van der Waals surface area contributed by atoms with Gasteiger partial charge in [-0.3, -0.25) is 4.79 Å². The number of aromatic nitrogens is 2. The maximum absolute atomic E-state index is 12.6. The third kappa shape index (κ3) is 4.61. The Morgan fingerprint density at radius 3 is 2.46 bits per heavy atom. The Morgan fingerprint density at radius 2 is 1.77 bits per heavy atom. The number of alkyl carbamates (subject to hydrolysis) is 1. The molecule has 1 aliphatic heterocycles. The van der Waals surface area contributed by atoms with E-state index in [1.807, 2.05) is 24.3 Å². The Labute approximate surface area is 206 Å². The molecule has 1 atom stereocenters. The molecule has 2 N–H and O–H groups in total. The van der Waals surface area contributed by atoms with Crippen LogP contribution in [-0.4, -0.2) is 68.4 Å². The lowest BCUT2D eigenvalue weighted by Crippen LogP contribution is -2.41. The summed E-state index contributed by atoms with van der Waals surface area (Å²) in [5.41, 5.74) is 4.83. The molecule has 35 heavy (non-hydrogen) atoms. The third-order valence-electron chi connectivity index (χ3n) is 6.26. The van der Waals surface area contributed by atoms with E-state index in [1.54, 1.807) is 10.8 Å². The molecule has 2 aliphatic rings. The second-order valence-corrected chi connectivity index (χ2v) is 9.38. The maximum Gasteiger partial charge on any atom is 0.407 e. The molecule has 1 saturated heterocycles. The predicted octanol–water partition coefficient (Wildman–Crippen LogP) is 3.02. The molecule has 2 amide bonds. The summed E-state index contributed by atoms with van der Waals surface area (Å²) >= 11 is 1.40. The summed E-state index contributed by atoms with van der Waals surface area (Å²) in [5.74, 6) is -0.743. The van der Waals surface area contributed by atoms with Crippen LogP contribution in [0.3, 0.4) is 0 Å². The van der Waals surface area contributed by atoms with Gasteiger partial charge in [-0.15, -0.1) is 11.8 Å². The number of carboxylic acids is 1. The molecule has 0 spiro atoms. The highest BCUT2D eigenvalue weighted by molar-refractivity contribution is 7.99. The monoisotopic (exact) mass is 492 g/mol. The highest BCUT2D eigenvalue weighted by Crippen LogP contribution is 2.44. The number of thioether (sulfide) groups is 1. The maximum atomic E-state index is 12.6. The van der Waals surface area contributed by atoms with Crippen molar-refractivity contribution in [3.63, 3.8) is 0 Å². The molecule has 10 heteroatoms. The first kappa shape index (κ1) is 23.0. The lowest BCUT2D eigenvalue weighted by Gasteiger charge is -2.19. The largest absolute Gasteiger partial charge is 0.480 e. The van der Waals surface area contributed by atoms with Crippen molar-refractivity contribution < 1.29 is 24.2 Å². The predicted molar refractivity (Wildman–Crippen MR) is 130 cm³/mol. The fourth-order valence-electron chi connectivity index (χ4n) is 4.52. The van der Waals surface area contributed by atoms with Gasteiger partial charge in [-0.1, -0.05) is 48.5 Å². The zero-order valence-corrected chi connectivity index (χ0v) is 19.6. The number of carbonyl (C=O) groups is 3. The van der Waals surface area contributed by atoms with Gasteiger partial charge in [-0.2, -0.15) is 0 Å². The van der Waals surface area contributed by atoms with Crippen molar-refractivity contribution in [1.82, 2.24) is 19.8 Å². The average Bonchev–Trinajstić information content (AvgIpc) is 3.60. The second kappa shape index (κ2) is 9.83. The number of rotatable bonds is 7. The average molecular weight is 493 g/mol. The van der Waals surface area contributed by atoms with Crippen LogP contribution in [0.4, 0.5) is 4.79 Å². The van der Waals surface area contributed by atoms with Gasteiger partial charge in [0.15, 0.2) is 0 Å². The van der Waals surface area contributed by atoms with E-state index in [9.17, 15) is 19.5 Å². The number of imidazole rings is 1. The molecule has 0 bridgehead atoms. The number of carbonyl (C=O) groups excluding carboxylic acids is 2. The van der Waals surface area contributed by atoms with Crippen LogP contribution in [0.2, 0.25) is 0 Å². The smallest absolute Gasteiger partial charge is 0.407 e. The lowest BCUT2D eigenvalue weighted by atomic mass is 9.98. The van der Waals surface area contributed by atoms with Crippen LogP contribution in [0, 0.1) is 0 Å². The summed E-state index contributed by atoms with van der Waals surface area (Å²) < 4.78 is 7.21. The minimum Gasteiger partial charge on any atom is -0.480 e. The SMILES string of the molecule is O=C(NCCn1cnc(C(=O)N2CSCC2C(=O)O)c1)OCC1c2ccccc2-c2ccccc21. The zero-order valence-electron chi connectivity index (χ0n) is 18.8. The van der Waals surface area contributed by atoms with Crippen LogP contribution >= 0.6 is 11.8 Å². The van der Waals surface area contributed by atoms with Crippen molar-refractivity contribution in [1.29, 1.82) is 0 Å². The number of benzene rings is 2. The molecule has 180 valence electrons. The van der Waals surface area contributed by atoms with Gasteiger partial charge in [0.05, 0.1) is 12.2 Å². The molecular formula is C25H24N4O5S. The van der Waals surface area contributed by atoms with Gasteiger partial charge in [0.1, 0.15) is 18.3 Å². The van der Waals surface area contributed by atoms with Gasteiger partial charge < -0.3 is 24.6 Å². The Bertz CT molecular complexity index is 1230. The third-order valence-corrected chi connectivity index (χ3v) is 7.28. The Morgan fingerprint density at radius 1 is 1.09 bits per heavy atom. The van der Waals surface area contributed by atoms with Crippen molar-refractivity contribution in [2.45, 2.75) is 18.5 Å². The minimum absolute atomic E-state index is 0.00579. The summed E-state index contributed by atoms with van der Waals surface area (Å²) in [6.07, 6.45) is 2.54. The molecule has 1 aliphatic carbocycles. The highest BCUT2D eigenvalue weighted by atomic mass is 32.2. The van der Waals surface area contributed by atoms with Gasteiger partial charge in [0, 0.05) is 31.0 Å². The second-order valence-electron chi connectivity index (χ2n) is 8.38. The van der Waals surface area contributed by atoms with E-state index < -0.39 is 24.0 Å². The summed E-state index contributed by atoms with van der Waals surface area (Å²) in [5, 5.41) is 12.0. The number of hydrogen-bond acceptors (Lipinski definition) is 6. The van der Waals surface area contributed by atoms with Crippen LogP contribution in [0.5, 0.6) is 0 Å². The summed E-state index contributed by atoms with van der Waals surface area (Å²) in [4.78, 5) is 41.7. The molecular weight excluding hydrogens is 468 g/mol. The normalized spacial score (nSPS) is 16.6. The number of nitrogens with zero attached hydrogens (tertiary/aromatic N) is 3. The van der Waals surface area contributed by atoms with Crippen LogP contribution in [0.15, 0.2) is 61.1 Å². The molecule has 9 nitrogen and oxygen atoms in total. The first-order chi connectivity index (χ1) is 17.0. The number of hydrogen-bond donors (Lipinski definition) is 2. The number of amides is 2. The number of aliphatic carboxylic acids is 1. The minimum atomic E-state index is -1.02. The Kier molecular flexibility index (Phi) is 6.45. The van der Waals surface area contributed by atoms with Gasteiger partial charge in [-0.05, 0) is 22.3 Å². The van der Waals surface area contributed by atoms with Crippen molar-refractivity contribution in [2.75, 3.05) is 24.8 Å². The molecule has 5 rings (SSSR count). The van der Waals surface area contributed by atoms with Crippen LogP contribution in [0.1, 0.15) is 27.5 Å². The number of nitrogens with one attached hydrogen (secondary N) is 1. The first-order valence-corrected chi connectivity index (χ1v) is 12.4. The van der Waals surface area contributed by atoms with Crippen molar-refractivity contribution in [2.24, 2.45) is 0 Å². The van der Waals surface area contributed by atoms with Crippen LogP contribution < -0.4 is 5.32 Å². The highest BCUT2D eigenvalue weighted by Gasteiger charge is 2.35. The number of ether oxygens (including phenoxy) is 1. The van der Waals surface area contributed by atoms with E-state index in [4.69, 9.17) is 4.74 Å². The van der Waals surface area contributed by atoms with Crippen molar-refractivity contribution >= 4 is 29.7 Å². The van der Waals surface area contributed by atoms with E-state index in [-0.39, 0.29) is 24.8 Å². The first-order valence-electron chi connectivity index (χ1n) is 11.2. The van der Waals surface area contributed by atoms with E-state index >= 15 is 0 Å². The topological polar surface area (TPSA) is 114 Å². The van der Waals surface area contributed by atoms with Gasteiger partial charge in [-0.25, -0.2) is 14.6 Å².